The number of benzene rings is 1. The van der Waals surface area contributed by atoms with Crippen LogP contribution in [0, 0.1) is 11.8 Å². The number of aliphatic hydroxyl groups is 1. The van der Waals surface area contributed by atoms with E-state index < -0.39 is 0 Å². The maximum absolute atomic E-state index is 10.0. The highest BCUT2D eigenvalue weighted by Crippen LogP contribution is 2.41. The van der Waals surface area contributed by atoms with Crippen molar-refractivity contribution < 1.29 is 5.11 Å². The van der Waals surface area contributed by atoms with Gasteiger partial charge in [0.25, 0.3) is 0 Å². The van der Waals surface area contributed by atoms with Crippen LogP contribution >= 0.6 is 11.6 Å². The number of anilines is 1. The molecule has 2 aliphatic carbocycles. The van der Waals surface area contributed by atoms with E-state index in [0.717, 1.165) is 49.2 Å². The Labute approximate surface area is 131 Å². The summed E-state index contributed by atoms with van der Waals surface area (Å²) in [6.45, 7) is 2.90. The molecular weight excluding hydrogens is 284 g/mol. The van der Waals surface area contributed by atoms with E-state index in [1.54, 1.807) is 0 Å². The Morgan fingerprint density at radius 3 is 2.76 bits per heavy atom. The SMILES string of the molecule is OC1CCC2CN(c3ccc(CNC4CC4)cc3Cl)CC12. The molecule has 0 aromatic heterocycles. The van der Waals surface area contributed by atoms with Gasteiger partial charge in [0.1, 0.15) is 0 Å². The van der Waals surface area contributed by atoms with E-state index in [4.69, 9.17) is 11.6 Å². The maximum atomic E-state index is 10.0. The summed E-state index contributed by atoms with van der Waals surface area (Å²) in [7, 11) is 0. The van der Waals surface area contributed by atoms with Gasteiger partial charge in [0.05, 0.1) is 16.8 Å². The van der Waals surface area contributed by atoms with Crippen LogP contribution in [0.2, 0.25) is 5.02 Å². The first kappa shape index (κ1) is 13.9. The van der Waals surface area contributed by atoms with Gasteiger partial charge >= 0.3 is 0 Å². The summed E-state index contributed by atoms with van der Waals surface area (Å²) >= 11 is 6.50. The molecule has 1 heterocycles. The number of halogens is 1. The minimum atomic E-state index is -0.110. The van der Waals surface area contributed by atoms with Gasteiger partial charge < -0.3 is 15.3 Å². The highest BCUT2D eigenvalue weighted by atomic mass is 35.5. The average molecular weight is 307 g/mol. The minimum absolute atomic E-state index is 0.110. The molecule has 0 spiro atoms. The highest BCUT2D eigenvalue weighted by molar-refractivity contribution is 6.33. The molecule has 0 radical (unpaired) electrons. The molecule has 1 aliphatic heterocycles. The molecule has 21 heavy (non-hydrogen) atoms. The van der Waals surface area contributed by atoms with E-state index in [-0.39, 0.29) is 6.10 Å². The lowest BCUT2D eigenvalue weighted by Gasteiger charge is -2.22. The molecule has 1 aromatic carbocycles. The van der Waals surface area contributed by atoms with Gasteiger partial charge in [0.15, 0.2) is 0 Å². The second-order valence-electron chi connectivity index (χ2n) is 6.91. The number of hydrogen-bond donors (Lipinski definition) is 2. The number of fused-ring (bicyclic) bond motifs is 1. The van der Waals surface area contributed by atoms with Gasteiger partial charge in [-0.3, -0.25) is 0 Å². The lowest BCUT2D eigenvalue weighted by Crippen LogP contribution is -2.24. The van der Waals surface area contributed by atoms with Crippen LogP contribution in [0.25, 0.3) is 0 Å². The summed E-state index contributed by atoms with van der Waals surface area (Å²) in [6.07, 6.45) is 4.64. The summed E-state index contributed by atoms with van der Waals surface area (Å²) in [4.78, 5) is 2.36. The molecule has 0 amide bonds. The van der Waals surface area contributed by atoms with Crippen molar-refractivity contribution in [3.05, 3.63) is 28.8 Å². The molecule has 4 heteroatoms. The molecule has 1 saturated heterocycles. The molecule has 0 bridgehead atoms. The molecule has 2 N–H and O–H groups in total. The van der Waals surface area contributed by atoms with E-state index in [9.17, 15) is 5.11 Å². The van der Waals surface area contributed by atoms with Crippen LogP contribution in [0.1, 0.15) is 31.2 Å². The van der Waals surface area contributed by atoms with Crippen molar-refractivity contribution >= 4 is 17.3 Å². The average Bonchev–Trinajstić information content (AvgIpc) is 3.11. The van der Waals surface area contributed by atoms with Gasteiger partial charge in [0, 0.05) is 31.6 Å². The Kier molecular flexibility index (Phi) is 3.60. The quantitative estimate of drug-likeness (QED) is 0.898. The van der Waals surface area contributed by atoms with Gasteiger partial charge in [-0.1, -0.05) is 17.7 Å². The van der Waals surface area contributed by atoms with Gasteiger partial charge in [-0.15, -0.1) is 0 Å². The molecule has 1 aromatic rings. The van der Waals surface area contributed by atoms with Crippen LogP contribution < -0.4 is 10.2 Å². The van der Waals surface area contributed by atoms with Crippen LogP contribution in [0.5, 0.6) is 0 Å². The lowest BCUT2D eigenvalue weighted by molar-refractivity contribution is 0.133. The van der Waals surface area contributed by atoms with Crippen molar-refractivity contribution in [3.63, 3.8) is 0 Å². The first-order chi connectivity index (χ1) is 10.2. The van der Waals surface area contributed by atoms with Crippen molar-refractivity contribution in [2.24, 2.45) is 11.8 Å². The Hall–Kier alpha value is -0.770. The smallest absolute Gasteiger partial charge is 0.0642 e. The molecule has 114 valence electrons. The summed E-state index contributed by atoms with van der Waals surface area (Å²) in [6, 6.07) is 7.15. The molecule has 2 saturated carbocycles. The summed E-state index contributed by atoms with van der Waals surface area (Å²) < 4.78 is 0. The number of rotatable bonds is 4. The minimum Gasteiger partial charge on any atom is -0.393 e. The second kappa shape index (κ2) is 5.45. The third-order valence-electron chi connectivity index (χ3n) is 5.34. The third kappa shape index (κ3) is 2.79. The fourth-order valence-electron chi connectivity index (χ4n) is 3.90. The van der Waals surface area contributed by atoms with Crippen LogP contribution in [0.15, 0.2) is 18.2 Å². The fourth-order valence-corrected chi connectivity index (χ4v) is 4.22. The summed E-state index contributed by atoms with van der Waals surface area (Å²) in [5.74, 6) is 1.09. The predicted octanol–water partition coefficient (Wildman–Crippen LogP) is 2.80. The van der Waals surface area contributed by atoms with E-state index in [1.165, 1.54) is 18.4 Å². The van der Waals surface area contributed by atoms with E-state index >= 15 is 0 Å². The van der Waals surface area contributed by atoms with E-state index in [1.807, 2.05) is 0 Å². The number of nitrogens with one attached hydrogen (secondary N) is 1. The van der Waals surface area contributed by atoms with Gasteiger partial charge in [-0.25, -0.2) is 0 Å². The number of hydrogen-bond acceptors (Lipinski definition) is 3. The second-order valence-corrected chi connectivity index (χ2v) is 7.32. The molecule has 3 atom stereocenters. The number of nitrogens with zero attached hydrogens (tertiary/aromatic N) is 1. The van der Waals surface area contributed by atoms with Crippen molar-refractivity contribution in [1.82, 2.24) is 5.32 Å². The molecular formula is C17H23ClN2O. The Morgan fingerprint density at radius 1 is 1.19 bits per heavy atom. The first-order valence-corrected chi connectivity index (χ1v) is 8.53. The molecule has 4 rings (SSSR count). The zero-order valence-corrected chi connectivity index (χ0v) is 13.0. The van der Waals surface area contributed by atoms with Gasteiger partial charge in [0.2, 0.25) is 0 Å². The van der Waals surface area contributed by atoms with Crippen molar-refractivity contribution in [1.29, 1.82) is 0 Å². The van der Waals surface area contributed by atoms with Gasteiger partial charge in [-0.2, -0.15) is 0 Å². The molecule has 3 fully saturated rings. The number of aliphatic hydroxyl groups excluding tert-OH is 1. The zero-order valence-electron chi connectivity index (χ0n) is 12.3. The largest absolute Gasteiger partial charge is 0.393 e. The standard InChI is InChI=1S/C17H23ClN2O/c18-15-7-11(8-19-13-3-4-13)1-5-16(15)20-9-12-2-6-17(21)14(12)10-20/h1,5,7,12-14,17,19,21H,2-4,6,8-10H2. The maximum Gasteiger partial charge on any atom is 0.0642 e. The van der Waals surface area contributed by atoms with Crippen LogP contribution in [-0.2, 0) is 6.54 Å². The highest BCUT2D eigenvalue weighted by Gasteiger charge is 2.42. The van der Waals surface area contributed by atoms with E-state index in [2.05, 4.69) is 28.4 Å². The van der Waals surface area contributed by atoms with Crippen molar-refractivity contribution in [2.45, 2.75) is 44.4 Å². The molecule has 3 unspecified atom stereocenters. The Bertz CT molecular complexity index is 532. The summed E-state index contributed by atoms with van der Waals surface area (Å²) in [5, 5.41) is 14.4. The van der Waals surface area contributed by atoms with E-state index in [0.29, 0.717) is 11.8 Å². The van der Waals surface area contributed by atoms with Crippen LogP contribution in [-0.4, -0.2) is 30.3 Å². The van der Waals surface area contributed by atoms with Crippen molar-refractivity contribution in [2.75, 3.05) is 18.0 Å². The monoisotopic (exact) mass is 306 g/mol. The Balaban J connectivity index is 1.45. The van der Waals surface area contributed by atoms with Gasteiger partial charge in [-0.05, 0) is 49.3 Å². The third-order valence-corrected chi connectivity index (χ3v) is 5.65. The molecule has 3 aliphatic rings. The zero-order chi connectivity index (χ0) is 14.4. The topological polar surface area (TPSA) is 35.5 Å². The normalized spacial score (nSPS) is 31.7. The van der Waals surface area contributed by atoms with Crippen LogP contribution in [0.4, 0.5) is 5.69 Å². The lowest BCUT2D eigenvalue weighted by atomic mass is 10.00. The summed E-state index contributed by atoms with van der Waals surface area (Å²) in [5.41, 5.74) is 2.39. The van der Waals surface area contributed by atoms with Crippen LogP contribution in [0.3, 0.4) is 0 Å². The molecule has 3 nitrogen and oxygen atoms in total. The Morgan fingerprint density at radius 2 is 2.05 bits per heavy atom. The first-order valence-electron chi connectivity index (χ1n) is 8.15. The fraction of sp³-hybridized carbons (Fsp3) is 0.647. The van der Waals surface area contributed by atoms with Crippen molar-refractivity contribution in [3.8, 4) is 0 Å². The predicted molar refractivity (Wildman–Crippen MR) is 85.7 cm³/mol.